The molecule has 4 nitrogen and oxygen atoms in total. The molecule has 0 saturated heterocycles. The maximum atomic E-state index is 13.6. The minimum Gasteiger partial charge on any atom is -0.363 e. The number of halogens is 1. The van der Waals surface area contributed by atoms with Gasteiger partial charge in [0.25, 0.3) is 5.91 Å². The fraction of sp³-hybridized carbons (Fsp3) is 0.158. The summed E-state index contributed by atoms with van der Waals surface area (Å²) in [6.45, 7) is 3.73. The quantitative estimate of drug-likeness (QED) is 0.868. The topological polar surface area (TPSA) is 44.7 Å². The number of carbonyl (C=O) groups excluding carboxylic acids is 1. The average Bonchev–Trinajstić information content (AvgIpc) is 2.80. The molecule has 1 unspecified atom stereocenters. The van der Waals surface area contributed by atoms with Crippen LogP contribution in [0.5, 0.6) is 0 Å². The van der Waals surface area contributed by atoms with Gasteiger partial charge in [-0.25, -0.2) is 4.39 Å². The van der Waals surface area contributed by atoms with Gasteiger partial charge in [-0.15, -0.1) is 0 Å². The molecule has 1 atom stereocenters. The number of carbonyl (C=O) groups is 1. The number of rotatable bonds is 1. The van der Waals surface area contributed by atoms with Gasteiger partial charge in [-0.05, 0) is 55.8 Å². The van der Waals surface area contributed by atoms with E-state index in [2.05, 4.69) is 10.4 Å². The Morgan fingerprint density at radius 2 is 1.88 bits per heavy atom. The number of fused-ring (bicyclic) bond motifs is 1. The van der Waals surface area contributed by atoms with E-state index in [1.807, 2.05) is 50.3 Å². The molecule has 2 aliphatic rings. The van der Waals surface area contributed by atoms with Gasteiger partial charge < -0.3 is 5.32 Å². The van der Waals surface area contributed by atoms with Crippen molar-refractivity contribution in [1.82, 2.24) is 0 Å². The fourth-order valence-electron chi connectivity index (χ4n) is 3.27. The Hall–Kier alpha value is -2.95. The van der Waals surface area contributed by atoms with Crippen molar-refractivity contribution in [1.29, 1.82) is 0 Å². The number of nitrogens with one attached hydrogen (secondary N) is 1. The summed E-state index contributed by atoms with van der Waals surface area (Å²) in [6.07, 6.45) is 1.87. The zero-order valence-electron chi connectivity index (χ0n) is 13.4. The Morgan fingerprint density at radius 3 is 2.62 bits per heavy atom. The second-order valence-corrected chi connectivity index (χ2v) is 6.09. The van der Waals surface area contributed by atoms with Crippen LogP contribution < -0.4 is 10.3 Å². The summed E-state index contributed by atoms with van der Waals surface area (Å²) in [5, 5.41) is 9.05. The lowest BCUT2D eigenvalue weighted by Crippen LogP contribution is -2.52. The van der Waals surface area contributed by atoms with Crippen LogP contribution in [-0.4, -0.2) is 17.2 Å². The molecule has 2 aromatic rings. The second-order valence-electron chi connectivity index (χ2n) is 6.09. The first-order valence-corrected chi connectivity index (χ1v) is 7.74. The first-order valence-electron chi connectivity index (χ1n) is 7.74. The van der Waals surface area contributed by atoms with Gasteiger partial charge in [0, 0.05) is 11.3 Å². The minimum absolute atomic E-state index is 0.194. The Kier molecular flexibility index (Phi) is 3.06. The average molecular weight is 321 g/mol. The molecule has 1 spiro atoms. The molecule has 0 radical (unpaired) electrons. The molecule has 4 rings (SSSR count). The van der Waals surface area contributed by atoms with Gasteiger partial charge in [0.2, 0.25) is 0 Å². The van der Waals surface area contributed by atoms with E-state index in [4.69, 9.17) is 0 Å². The van der Waals surface area contributed by atoms with E-state index in [1.165, 1.54) is 17.1 Å². The van der Waals surface area contributed by atoms with Crippen molar-refractivity contribution in [3.8, 4) is 0 Å². The summed E-state index contributed by atoms with van der Waals surface area (Å²) in [6, 6.07) is 13.8. The van der Waals surface area contributed by atoms with Crippen LogP contribution >= 0.6 is 0 Å². The summed E-state index contributed by atoms with van der Waals surface area (Å²) >= 11 is 0. The normalized spacial score (nSPS) is 22.1. The molecule has 120 valence electrons. The first kappa shape index (κ1) is 14.6. The van der Waals surface area contributed by atoms with Crippen molar-refractivity contribution in [3.63, 3.8) is 0 Å². The third-order valence-corrected chi connectivity index (χ3v) is 4.52. The smallest absolute Gasteiger partial charge is 0.283 e. The zero-order chi connectivity index (χ0) is 16.9. The lowest BCUT2D eigenvalue weighted by atomic mass is 9.85. The van der Waals surface area contributed by atoms with E-state index in [9.17, 15) is 9.18 Å². The number of benzene rings is 2. The molecule has 1 amide bonds. The van der Waals surface area contributed by atoms with Gasteiger partial charge in [-0.1, -0.05) is 18.2 Å². The van der Waals surface area contributed by atoms with E-state index in [-0.39, 0.29) is 11.7 Å². The molecule has 2 heterocycles. The van der Waals surface area contributed by atoms with E-state index >= 15 is 0 Å². The number of amides is 1. The number of hydrogen-bond donors (Lipinski definition) is 1. The van der Waals surface area contributed by atoms with E-state index in [1.54, 1.807) is 6.07 Å². The molecule has 2 aromatic carbocycles. The monoisotopic (exact) mass is 321 g/mol. The van der Waals surface area contributed by atoms with Gasteiger partial charge in [-0.2, -0.15) is 10.1 Å². The van der Waals surface area contributed by atoms with Gasteiger partial charge in [-0.3, -0.25) is 4.79 Å². The lowest BCUT2D eigenvalue weighted by molar-refractivity contribution is -0.119. The highest BCUT2D eigenvalue weighted by Crippen LogP contribution is 2.39. The number of nitrogens with zero attached hydrogens (tertiary/aromatic N) is 2. The van der Waals surface area contributed by atoms with Crippen molar-refractivity contribution in [2.24, 2.45) is 5.10 Å². The lowest BCUT2D eigenvalue weighted by Gasteiger charge is -2.33. The third kappa shape index (κ3) is 1.98. The Bertz CT molecular complexity index is 904. The van der Waals surface area contributed by atoms with Gasteiger partial charge in [0.05, 0.1) is 11.4 Å². The summed E-state index contributed by atoms with van der Waals surface area (Å²) < 4.78 is 13.6. The van der Waals surface area contributed by atoms with Crippen LogP contribution in [0.2, 0.25) is 0 Å². The van der Waals surface area contributed by atoms with Crippen molar-refractivity contribution in [3.05, 3.63) is 66.0 Å². The molecule has 0 bridgehead atoms. The standard InChI is InChI=1S/C19H16FN3O/c1-12-11-19(21-17-10-14(20)8-9-16(12)17)13(2)22-23(18(19)24)15-6-4-3-5-7-15/h3-11,21H,1-2H3. The van der Waals surface area contributed by atoms with Crippen LogP contribution in [0.15, 0.2) is 59.7 Å². The maximum Gasteiger partial charge on any atom is 0.283 e. The summed E-state index contributed by atoms with van der Waals surface area (Å²) in [7, 11) is 0. The number of allylic oxidation sites excluding steroid dienone is 1. The number of hydrazone groups is 1. The molecule has 1 N–H and O–H groups in total. The van der Waals surface area contributed by atoms with Crippen molar-refractivity contribution in [2.45, 2.75) is 19.4 Å². The van der Waals surface area contributed by atoms with Gasteiger partial charge >= 0.3 is 0 Å². The predicted octanol–water partition coefficient (Wildman–Crippen LogP) is 3.82. The highest BCUT2D eigenvalue weighted by atomic mass is 19.1. The van der Waals surface area contributed by atoms with E-state index < -0.39 is 5.54 Å². The zero-order valence-corrected chi connectivity index (χ0v) is 13.4. The summed E-state index contributed by atoms with van der Waals surface area (Å²) in [5.74, 6) is -0.536. The highest BCUT2D eigenvalue weighted by molar-refractivity contribution is 6.27. The summed E-state index contributed by atoms with van der Waals surface area (Å²) in [4.78, 5) is 13.1. The third-order valence-electron chi connectivity index (χ3n) is 4.52. The van der Waals surface area contributed by atoms with Crippen LogP contribution in [-0.2, 0) is 4.79 Å². The molecule has 0 aliphatic carbocycles. The van der Waals surface area contributed by atoms with Crippen molar-refractivity contribution in [2.75, 3.05) is 10.3 Å². The highest BCUT2D eigenvalue weighted by Gasteiger charge is 2.50. The number of para-hydroxylation sites is 1. The molecule has 0 aromatic heterocycles. The van der Waals surface area contributed by atoms with E-state index in [0.29, 0.717) is 17.1 Å². The van der Waals surface area contributed by atoms with Crippen molar-refractivity contribution < 1.29 is 9.18 Å². The molecule has 0 fully saturated rings. The largest absolute Gasteiger partial charge is 0.363 e. The van der Waals surface area contributed by atoms with E-state index in [0.717, 1.165) is 11.1 Å². The summed E-state index contributed by atoms with van der Waals surface area (Å²) in [5.41, 5.74) is 2.68. The second kappa shape index (κ2) is 5.03. The van der Waals surface area contributed by atoms with Crippen LogP contribution in [0.25, 0.3) is 5.57 Å². The SMILES string of the molecule is CC1=CC2(Nc3cc(F)ccc31)C(=O)N(c1ccccc1)N=C2C. The molecule has 5 heteroatoms. The number of hydrogen-bond acceptors (Lipinski definition) is 3. The molecule has 2 aliphatic heterocycles. The molecule has 0 saturated carbocycles. The van der Waals surface area contributed by atoms with Crippen LogP contribution in [0.4, 0.5) is 15.8 Å². The molecular weight excluding hydrogens is 305 g/mol. The molecular formula is C19H16FN3O. The van der Waals surface area contributed by atoms with Gasteiger partial charge in [0.15, 0.2) is 5.54 Å². The Balaban J connectivity index is 1.81. The van der Waals surface area contributed by atoms with Crippen LogP contribution in [0.1, 0.15) is 19.4 Å². The predicted molar refractivity (Wildman–Crippen MR) is 93.4 cm³/mol. The van der Waals surface area contributed by atoms with Gasteiger partial charge in [0.1, 0.15) is 5.82 Å². The minimum atomic E-state index is -1.07. The Morgan fingerprint density at radius 1 is 1.12 bits per heavy atom. The molecule has 24 heavy (non-hydrogen) atoms. The fourth-order valence-corrected chi connectivity index (χ4v) is 3.27. The number of anilines is 2. The maximum absolute atomic E-state index is 13.6. The van der Waals surface area contributed by atoms with Crippen LogP contribution in [0.3, 0.4) is 0 Å². The van der Waals surface area contributed by atoms with Crippen molar-refractivity contribution >= 4 is 28.6 Å². The van der Waals surface area contributed by atoms with Crippen LogP contribution in [0, 0.1) is 5.82 Å². The Labute approximate surface area is 139 Å². The first-order chi connectivity index (χ1) is 11.5.